The summed E-state index contributed by atoms with van der Waals surface area (Å²) in [7, 11) is 0. The predicted molar refractivity (Wildman–Crippen MR) is 19.7 cm³/mol. The topological polar surface area (TPSA) is 63.2 Å². The third kappa shape index (κ3) is 37.3. The van der Waals surface area contributed by atoms with Crippen molar-refractivity contribution in [2.45, 2.75) is 0 Å². The minimum absolute atomic E-state index is 0. The van der Waals surface area contributed by atoms with Crippen molar-refractivity contribution in [2.24, 2.45) is 0 Å². The first-order valence-corrected chi connectivity index (χ1v) is 0.612. The normalized spacial score (nSPS) is 4.00. The van der Waals surface area contributed by atoms with Crippen LogP contribution in [0.5, 0.6) is 0 Å². The van der Waals surface area contributed by atoms with Crippen LogP contribution in [-0.4, -0.2) is 89.4 Å². The quantitative estimate of drug-likeness (QED) is 0.368. The number of carbonyl (C=O) groups excluding carboxylic acids is 1. The van der Waals surface area contributed by atoms with Crippen LogP contribution >= 0.6 is 0 Å². The van der Waals surface area contributed by atoms with Crippen LogP contribution < -0.4 is 10.2 Å². The van der Waals surface area contributed by atoms with Crippen LogP contribution in [-0.2, 0) is 0 Å². The summed E-state index contributed by atoms with van der Waals surface area (Å²) in [6.07, 6.45) is -2.33. The van der Waals surface area contributed by atoms with E-state index in [-0.39, 0.29) is 83.2 Å². The van der Waals surface area contributed by atoms with Crippen LogP contribution in [0.3, 0.4) is 0 Å². The molecule has 0 heterocycles. The number of rotatable bonds is 0. The maximum absolute atomic E-state index is 8.33. The predicted octanol–water partition coefficient (Wildman–Crippen LogP) is -3.74. The molecule has 0 spiro atoms. The zero-order valence-electron chi connectivity index (χ0n) is 2.43. The molecule has 0 N–H and O–H groups in total. The van der Waals surface area contributed by atoms with E-state index in [4.69, 9.17) is 15.0 Å². The number of carboxylic acid groups (broad SMARTS) is 2. The van der Waals surface area contributed by atoms with Gasteiger partial charge in [-0.05, 0) is 6.16 Å². The van der Waals surface area contributed by atoms with Crippen molar-refractivity contribution in [3.05, 3.63) is 0 Å². The van der Waals surface area contributed by atoms with Gasteiger partial charge in [0.15, 0.2) is 0 Å². The second-order valence-corrected chi connectivity index (χ2v) is 0.250. The van der Waals surface area contributed by atoms with Gasteiger partial charge in [0.25, 0.3) is 0 Å². The van der Waals surface area contributed by atoms with Gasteiger partial charge < -0.3 is 15.0 Å². The first-order valence-electron chi connectivity index (χ1n) is 0.612. The Morgan fingerprint density at radius 3 is 1.33 bits per heavy atom. The Morgan fingerprint density at radius 2 is 1.33 bits per heavy atom. The molecule has 0 atom stereocenters. The van der Waals surface area contributed by atoms with Crippen molar-refractivity contribution >= 4 is 89.4 Å². The average Bonchev–Trinajstić information content (AvgIpc) is 0.811. The van der Waals surface area contributed by atoms with E-state index in [0.29, 0.717) is 0 Å². The molecular weight excluding hydrogens is 188 g/mol. The molecule has 5 heteroatoms. The SMILES string of the molecule is O=C([O-])[O-].[CaH2].[Sr+2]. The number of hydrogen-bond donors (Lipinski definition) is 0. The molecule has 0 unspecified atom stereocenters. The molecule has 0 aromatic carbocycles. The molecule has 0 radical (unpaired) electrons. The van der Waals surface area contributed by atoms with E-state index >= 15 is 0 Å². The van der Waals surface area contributed by atoms with Crippen molar-refractivity contribution < 1.29 is 15.0 Å². The summed E-state index contributed by atoms with van der Waals surface area (Å²) in [6, 6.07) is 0. The summed E-state index contributed by atoms with van der Waals surface area (Å²) in [5.74, 6) is 0. The molecule has 28 valence electrons. The van der Waals surface area contributed by atoms with Gasteiger partial charge in [-0.25, -0.2) is 0 Å². The number of carbonyl (C=O) groups is 1. The van der Waals surface area contributed by atoms with Crippen molar-refractivity contribution in [1.82, 2.24) is 0 Å². The fourth-order valence-corrected chi connectivity index (χ4v) is 0. The van der Waals surface area contributed by atoms with Crippen LogP contribution in [0.2, 0.25) is 0 Å². The molecule has 0 aliphatic carbocycles. The zero-order valence-corrected chi connectivity index (χ0v) is 5.91. The largest absolute Gasteiger partial charge is 2.00 e. The first-order chi connectivity index (χ1) is 1.73. The van der Waals surface area contributed by atoms with Crippen LogP contribution in [0.1, 0.15) is 0 Å². The molecule has 0 aromatic rings. The summed E-state index contributed by atoms with van der Waals surface area (Å²) in [4.78, 5) is 8.33. The molecule has 3 nitrogen and oxygen atoms in total. The summed E-state index contributed by atoms with van der Waals surface area (Å²) in [5.41, 5.74) is 0. The molecular formula is CH2CaO3Sr. The first kappa shape index (κ1) is 15.7. The Balaban J connectivity index is -0.0000000450. The Morgan fingerprint density at radius 1 is 1.33 bits per heavy atom. The second-order valence-electron chi connectivity index (χ2n) is 0.250. The van der Waals surface area contributed by atoms with Gasteiger partial charge in [0.05, 0.1) is 0 Å². The fraction of sp³-hybridized carbons (Fsp3) is 0. The van der Waals surface area contributed by atoms with E-state index in [9.17, 15) is 0 Å². The molecule has 0 fully saturated rings. The summed E-state index contributed by atoms with van der Waals surface area (Å²) >= 11 is 0. The molecule has 0 aromatic heterocycles. The van der Waals surface area contributed by atoms with Gasteiger partial charge in [0.1, 0.15) is 0 Å². The third-order valence-electron chi connectivity index (χ3n) is 0. The molecule has 0 aliphatic rings. The second kappa shape index (κ2) is 10.1. The van der Waals surface area contributed by atoms with Gasteiger partial charge in [-0.3, -0.25) is 0 Å². The fourth-order valence-electron chi connectivity index (χ4n) is 0. The minimum Gasteiger partial charge on any atom is 2.00 e. The smallest absolute Gasteiger partial charge is 2.00 e. The standard InChI is InChI=1S/CH2O3.Ca.Sr.2H/c2-1(3)4;;;;/h(H2,2,3,4);;;;/q;;+2;;/p-2. The molecule has 0 bridgehead atoms. The van der Waals surface area contributed by atoms with Gasteiger partial charge in [0, 0.05) is 0 Å². The van der Waals surface area contributed by atoms with Crippen molar-refractivity contribution in [3.63, 3.8) is 0 Å². The van der Waals surface area contributed by atoms with Gasteiger partial charge in [-0.2, -0.15) is 0 Å². The molecule has 0 saturated carbocycles. The number of hydrogen-bond acceptors (Lipinski definition) is 3. The Labute approximate surface area is 102 Å². The Hall–Kier alpha value is 2.01. The maximum atomic E-state index is 8.33. The van der Waals surface area contributed by atoms with E-state index in [0.717, 1.165) is 0 Å². The van der Waals surface area contributed by atoms with E-state index < -0.39 is 6.16 Å². The van der Waals surface area contributed by atoms with Gasteiger partial charge in [0.2, 0.25) is 0 Å². The van der Waals surface area contributed by atoms with E-state index in [1.54, 1.807) is 0 Å². The summed E-state index contributed by atoms with van der Waals surface area (Å²) in [6.45, 7) is 0. The van der Waals surface area contributed by atoms with Crippen molar-refractivity contribution in [1.29, 1.82) is 0 Å². The van der Waals surface area contributed by atoms with E-state index in [1.807, 2.05) is 0 Å². The molecule has 6 heavy (non-hydrogen) atoms. The monoisotopic (exact) mass is 190 g/mol. The molecule has 0 amide bonds. The zero-order chi connectivity index (χ0) is 3.58. The molecule has 0 rings (SSSR count). The van der Waals surface area contributed by atoms with Crippen LogP contribution in [0.25, 0.3) is 0 Å². The van der Waals surface area contributed by atoms with E-state index in [2.05, 4.69) is 0 Å². The van der Waals surface area contributed by atoms with Crippen molar-refractivity contribution in [2.75, 3.05) is 0 Å². The summed E-state index contributed by atoms with van der Waals surface area (Å²) < 4.78 is 0. The van der Waals surface area contributed by atoms with Gasteiger partial charge >= 0.3 is 83.2 Å². The Kier molecular flexibility index (Phi) is 26.4. The maximum Gasteiger partial charge on any atom is 2.00 e. The van der Waals surface area contributed by atoms with Gasteiger partial charge in [-0.15, -0.1) is 0 Å². The van der Waals surface area contributed by atoms with Crippen LogP contribution in [0, 0.1) is 0 Å². The van der Waals surface area contributed by atoms with Gasteiger partial charge in [-0.1, -0.05) is 0 Å². The summed E-state index contributed by atoms with van der Waals surface area (Å²) in [5, 5.41) is 16.7. The average molecular weight is 190 g/mol. The Bertz CT molecular complexity index is 33.8. The molecule has 0 aliphatic heterocycles. The third-order valence-corrected chi connectivity index (χ3v) is 0. The minimum atomic E-state index is -2.33. The van der Waals surface area contributed by atoms with Crippen LogP contribution in [0.4, 0.5) is 4.79 Å². The van der Waals surface area contributed by atoms with Crippen LogP contribution in [0.15, 0.2) is 0 Å². The molecule has 0 saturated heterocycles. The van der Waals surface area contributed by atoms with E-state index in [1.165, 1.54) is 0 Å². The van der Waals surface area contributed by atoms with Crippen molar-refractivity contribution in [3.8, 4) is 0 Å².